The van der Waals surface area contributed by atoms with Crippen LogP contribution in [0, 0.1) is 12.7 Å². The Morgan fingerprint density at radius 3 is 2.46 bits per heavy atom. The summed E-state index contributed by atoms with van der Waals surface area (Å²) in [5.41, 5.74) is 6.47. The largest absolute Gasteiger partial charge is 0.481 e. The van der Waals surface area contributed by atoms with Crippen LogP contribution in [0.15, 0.2) is 53.9 Å². The van der Waals surface area contributed by atoms with Gasteiger partial charge in [0, 0.05) is 25.2 Å². The van der Waals surface area contributed by atoms with Gasteiger partial charge in [0.2, 0.25) is 5.95 Å². The SMILES string of the molecule is CCC(=O)O.Cc1ccc(Nc2ccc(/C=N/Nc3ncc(F)c(N4CCOCC4)n3)nc2)cc1. The summed E-state index contributed by atoms with van der Waals surface area (Å²) in [4.78, 5) is 23.7. The van der Waals surface area contributed by atoms with Gasteiger partial charge in [-0.15, -0.1) is 0 Å². The predicted molar refractivity (Wildman–Crippen MR) is 133 cm³/mol. The molecular formula is C24H28FN7O3. The Morgan fingerprint density at radius 2 is 1.83 bits per heavy atom. The first kappa shape index (κ1) is 25.5. The number of aliphatic carboxylic acids is 1. The number of pyridine rings is 1. The fourth-order valence-corrected chi connectivity index (χ4v) is 2.92. The maximum atomic E-state index is 14.1. The molecule has 184 valence electrons. The van der Waals surface area contributed by atoms with Crippen LogP contribution in [0.2, 0.25) is 0 Å². The van der Waals surface area contributed by atoms with Crippen molar-refractivity contribution in [1.82, 2.24) is 15.0 Å². The van der Waals surface area contributed by atoms with E-state index in [-0.39, 0.29) is 18.2 Å². The van der Waals surface area contributed by atoms with Crippen molar-refractivity contribution >= 4 is 35.3 Å². The molecule has 10 nitrogen and oxygen atoms in total. The van der Waals surface area contributed by atoms with Gasteiger partial charge in [-0.3, -0.25) is 9.78 Å². The van der Waals surface area contributed by atoms with E-state index in [4.69, 9.17) is 9.84 Å². The van der Waals surface area contributed by atoms with Crippen LogP contribution in [0.5, 0.6) is 0 Å². The summed E-state index contributed by atoms with van der Waals surface area (Å²) in [6, 6.07) is 11.9. The van der Waals surface area contributed by atoms with E-state index in [2.05, 4.69) is 30.8 Å². The van der Waals surface area contributed by atoms with Crippen LogP contribution in [0.3, 0.4) is 0 Å². The molecule has 1 saturated heterocycles. The highest BCUT2D eigenvalue weighted by Crippen LogP contribution is 2.19. The molecule has 1 aliphatic rings. The number of benzene rings is 1. The van der Waals surface area contributed by atoms with Crippen molar-refractivity contribution in [3.05, 3.63) is 65.9 Å². The highest BCUT2D eigenvalue weighted by atomic mass is 19.1. The second-order valence-corrected chi connectivity index (χ2v) is 7.54. The van der Waals surface area contributed by atoms with Gasteiger partial charge >= 0.3 is 5.97 Å². The van der Waals surface area contributed by atoms with E-state index in [9.17, 15) is 9.18 Å². The normalized spacial score (nSPS) is 13.2. The number of halogens is 1. The third kappa shape index (κ3) is 8.31. The van der Waals surface area contributed by atoms with Crippen molar-refractivity contribution < 1.29 is 19.0 Å². The van der Waals surface area contributed by atoms with E-state index in [0.29, 0.717) is 32.0 Å². The number of nitrogens with zero attached hydrogens (tertiary/aromatic N) is 5. The van der Waals surface area contributed by atoms with Gasteiger partial charge in [0.25, 0.3) is 0 Å². The van der Waals surface area contributed by atoms with E-state index < -0.39 is 11.8 Å². The molecule has 1 aliphatic heterocycles. The fraction of sp³-hybridized carbons (Fsp3) is 0.292. The first-order chi connectivity index (χ1) is 16.9. The minimum absolute atomic E-state index is 0.215. The van der Waals surface area contributed by atoms with Crippen LogP contribution in [0.1, 0.15) is 24.6 Å². The number of hydrazone groups is 1. The van der Waals surface area contributed by atoms with Crippen molar-refractivity contribution in [2.24, 2.45) is 5.10 Å². The molecule has 0 aliphatic carbocycles. The monoisotopic (exact) mass is 481 g/mol. The molecule has 11 heteroatoms. The highest BCUT2D eigenvalue weighted by Gasteiger charge is 2.17. The molecule has 0 bridgehead atoms. The summed E-state index contributed by atoms with van der Waals surface area (Å²) in [5.74, 6) is -0.753. The zero-order valence-corrected chi connectivity index (χ0v) is 19.6. The summed E-state index contributed by atoms with van der Waals surface area (Å²) < 4.78 is 19.4. The summed E-state index contributed by atoms with van der Waals surface area (Å²) in [6.45, 7) is 5.92. The molecule has 3 aromatic rings. The molecule has 3 N–H and O–H groups in total. The van der Waals surface area contributed by atoms with Gasteiger partial charge in [0.1, 0.15) is 0 Å². The van der Waals surface area contributed by atoms with E-state index in [0.717, 1.165) is 17.6 Å². The van der Waals surface area contributed by atoms with E-state index in [1.807, 2.05) is 48.2 Å². The average Bonchev–Trinajstić information content (AvgIpc) is 2.88. The second-order valence-electron chi connectivity index (χ2n) is 7.54. The molecular weight excluding hydrogens is 453 g/mol. The second kappa shape index (κ2) is 12.9. The molecule has 4 rings (SSSR count). The standard InChI is InChI=1S/C21H22FN7O.C3H6O2/c1-15-2-4-16(5-3-15)26-18-7-6-17(23-12-18)13-25-28-21-24-14-19(22)20(27-21)29-8-10-30-11-9-29;1-2-3(4)5/h2-7,12-14,26H,8-11H2,1H3,(H,24,27,28);2H2,1H3,(H,4,5)/b25-13+;. The molecule has 0 amide bonds. The zero-order chi connectivity index (χ0) is 25.0. The lowest BCUT2D eigenvalue weighted by atomic mass is 10.2. The number of rotatable bonds is 7. The maximum Gasteiger partial charge on any atom is 0.303 e. The molecule has 1 fully saturated rings. The summed E-state index contributed by atoms with van der Waals surface area (Å²) in [5, 5.41) is 15.1. The van der Waals surface area contributed by atoms with Gasteiger partial charge in [0.05, 0.1) is 43.2 Å². The van der Waals surface area contributed by atoms with E-state index in [1.54, 1.807) is 19.3 Å². The van der Waals surface area contributed by atoms with Crippen molar-refractivity contribution in [3.63, 3.8) is 0 Å². The maximum absolute atomic E-state index is 14.1. The Hall–Kier alpha value is -4.12. The molecule has 1 aromatic carbocycles. The highest BCUT2D eigenvalue weighted by molar-refractivity contribution is 5.78. The van der Waals surface area contributed by atoms with Gasteiger partial charge in [0.15, 0.2) is 11.6 Å². The zero-order valence-electron chi connectivity index (χ0n) is 19.6. The number of anilines is 4. The number of carbonyl (C=O) groups is 1. The number of nitrogens with one attached hydrogen (secondary N) is 2. The molecule has 0 unspecified atom stereocenters. The summed E-state index contributed by atoms with van der Waals surface area (Å²) in [6.07, 6.45) is 4.64. The first-order valence-electron chi connectivity index (χ1n) is 11.1. The predicted octanol–water partition coefficient (Wildman–Crippen LogP) is 3.83. The Labute approximate surface area is 202 Å². The molecule has 0 saturated carbocycles. The van der Waals surface area contributed by atoms with Gasteiger partial charge in [-0.2, -0.15) is 10.1 Å². The van der Waals surface area contributed by atoms with Crippen molar-refractivity contribution in [1.29, 1.82) is 0 Å². The van der Waals surface area contributed by atoms with E-state index in [1.165, 1.54) is 5.56 Å². The van der Waals surface area contributed by atoms with Gasteiger partial charge in [-0.25, -0.2) is 14.8 Å². The molecule has 0 spiro atoms. The number of hydrogen-bond acceptors (Lipinski definition) is 9. The minimum atomic E-state index is -0.745. The number of aromatic nitrogens is 3. The van der Waals surface area contributed by atoms with E-state index >= 15 is 0 Å². The lowest BCUT2D eigenvalue weighted by Gasteiger charge is -2.27. The van der Waals surface area contributed by atoms with Crippen molar-refractivity contribution in [2.75, 3.05) is 41.9 Å². The fourth-order valence-electron chi connectivity index (χ4n) is 2.92. The molecule has 3 heterocycles. The first-order valence-corrected chi connectivity index (χ1v) is 11.1. The summed E-state index contributed by atoms with van der Waals surface area (Å²) in [7, 11) is 0. The molecule has 0 atom stereocenters. The number of hydrogen-bond donors (Lipinski definition) is 3. The molecule has 35 heavy (non-hydrogen) atoms. The lowest BCUT2D eigenvalue weighted by molar-refractivity contribution is -0.136. The Morgan fingerprint density at radius 1 is 1.14 bits per heavy atom. The van der Waals surface area contributed by atoms with Crippen LogP contribution in [-0.4, -0.2) is 58.5 Å². The topological polar surface area (TPSA) is 125 Å². The summed E-state index contributed by atoms with van der Waals surface area (Å²) >= 11 is 0. The number of carboxylic acids is 1. The third-order valence-corrected chi connectivity index (χ3v) is 4.83. The number of carboxylic acid groups (broad SMARTS) is 1. The van der Waals surface area contributed by atoms with Crippen molar-refractivity contribution in [3.8, 4) is 0 Å². The van der Waals surface area contributed by atoms with Crippen LogP contribution >= 0.6 is 0 Å². The van der Waals surface area contributed by atoms with Gasteiger partial charge in [-0.1, -0.05) is 24.6 Å². The number of ether oxygens (including phenoxy) is 1. The number of morpholine rings is 1. The molecule has 2 aromatic heterocycles. The van der Waals surface area contributed by atoms with Crippen LogP contribution in [0.4, 0.5) is 27.5 Å². The Bertz CT molecular complexity index is 1120. The van der Waals surface area contributed by atoms with Crippen LogP contribution in [-0.2, 0) is 9.53 Å². The average molecular weight is 482 g/mol. The van der Waals surface area contributed by atoms with Crippen LogP contribution in [0.25, 0.3) is 0 Å². The minimum Gasteiger partial charge on any atom is -0.481 e. The van der Waals surface area contributed by atoms with Crippen molar-refractivity contribution in [2.45, 2.75) is 20.3 Å². The Kier molecular flexibility index (Phi) is 9.43. The quantitative estimate of drug-likeness (QED) is 0.341. The lowest BCUT2D eigenvalue weighted by Crippen LogP contribution is -2.37. The molecule has 0 radical (unpaired) electrons. The third-order valence-electron chi connectivity index (χ3n) is 4.83. The van der Waals surface area contributed by atoms with Gasteiger partial charge in [-0.05, 0) is 31.2 Å². The Balaban J connectivity index is 0.000000623. The van der Waals surface area contributed by atoms with Crippen LogP contribution < -0.4 is 15.6 Å². The smallest absolute Gasteiger partial charge is 0.303 e. The van der Waals surface area contributed by atoms with Gasteiger partial charge < -0.3 is 20.1 Å². The number of aryl methyl sites for hydroxylation is 1.